The van der Waals surface area contributed by atoms with Crippen LogP contribution in [0.3, 0.4) is 0 Å². The van der Waals surface area contributed by atoms with Crippen LogP contribution < -0.4 is 10.1 Å². The Morgan fingerprint density at radius 1 is 1.17 bits per heavy atom. The van der Waals surface area contributed by atoms with Gasteiger partial charge in [0.2, 0.25) is 5.91 Å². The second-order valence-corrected chi connectivity index (χ2v) is 7.71. The summed E-state index contributed by atoms with van der Waals surface area (Å²) in [6, 6.07) is 13.4. The van der Waals surface area contributed by atoms with E-state index in [2.05, 4.69) is 21.8 Å². The number of ether oxygens (including phenoxy) is 1. The molecule has 150 valence electrons. The van der Waals surface area contributed by atoms with Gasteiger partial charge in [-0.15, -0.1) is 10.2 Å². The third-order valence-electron chi connectivity index (χ3n) is 4.91. The highest BCUT2D eigenvalue weighted by Crippen LogP contribution is 2.26. The third-order valence-corrected chi connectivity index (χ3v) is 5.55. The number of nitrogens with one attached hydrogen (secondary N) is 1. The zero-order valence-electron chi connectivity index (χ0n) is 16.4. The first kappa shape index (κ1) is 19.3. The Labute approximate surface area is 173 Å². The van der Waals surface area contributed by atoms with Gasteiger partial charge in [0.05, 0.1) is 18.7 Å². The molecule has 0 saturated heterocycles. The molecule has 4 aromatic rings. The lowest BCUT2D eigenvalue weighted by Gasteiger charge is -2.17. The third kappa shape index (κ3) is 3.93. The summed E-state index contributed by atoms with van der Waals surface area (Å²) in [7, 11) is 1.65. The molecule has 0 bridgehead atoms. The molecule has 3 aromatic heterocycles. The van der Waals surface area contributed by atoms with E-state index in [1.807, 2.05) is 63.8 Å². The first-order chi connectivity index (χ1) is 14.2. The van der Waals surface area contributed by atoms with E-state index in [-0.39, 0.29) is 18.5 Å². The average Bonchev–Trinajstić information content (AvgIpc) is 3.35. The number of hydrogen-bond acceptors (Lipinski definition) is 5. The van der Waals surface area contributed by atoms with E-state index in [9.17, 15) is 4.79 Å². The number of pyridine rings is 1. The number of nitrogens with zero attached hydrogens (tertiary/aromatic N) is 4. The number of aromatic nitrogens is 4. The lowest BCUT2D eigenvalue weighted by molar-refractivity contribution is -0.122. The molecule has 1 atom stereocenters. The van der Waals surface area contributed by atoms with Gasteiger partial charge in [-0.25, -0.2) is 0 Å². The molecule has 0 spiro atoms. The number of amides is 1. The van der Waals surface area contributed by atoms with Crippen LogP contribution in [0.2, 0.25) is 0 Å². The summed E-state index contributed by atoms with van der Waals surface area (Å²) >= 11 is 1.74. The molecule has 7 nitrogen and oxygen atoms in total. The zero-order chi connectivity index (χ0) is 20.2. The van der Waals surface area contributed by atoms with Crippen LogP contribution in [0.25, 0.3) is 16.6 Å². The highest BCUT2D eigenvalue weighted by atomic mass is 32.2. The van der Waals surface area contributed by atoms with Crippen molar-refractivity contribution in [2.75, 3.05) is 19.1 Å². The molecule has 0 aliphatic heterocycles. The van der Waals surface area contributed by atoms with E-state index in [4.69, 9.17) is 4.74 Å². The van der Waals surface area contributed by atoms with E-state index < -0.39 is 0 Å². The number of rotatable bonds is 8. The molecule has 1 amide bonds. The summed E-state index contributed by atoms with van der Waals surface area (Å²) in [5, 5.41) is 12.7. The van der Waals surface area contributed by atoms with Gasteiger partial charge < -0.3 is 14.6 Å². The lowest BCUT2D eigenvalue weighted by atomic mass is 10.2. The molecule has 8 heteroatoms. The van der Waals surface area contributed by atoms with Crippen LogP contribution in [0.15, 0.2) is 54.9 Å². The predicted molar refractivity (Wildman–Crippen MR) is 115 cm³/mol. The van der Waals surface area contributed by atoms with Crippen LogP contribution in [0.4, 0.5) is 0 Å². The molecule has 0 radical (unpaired) electrons. The molecule has 0 fully saturated rings. The van der Waals surface area contributed by atoms with E-state index in [0.717, 1.165) is 40.3 Å². The number of methoxy groups -OCH3 is 1. The molecule has 4 rings (SSSR count). The number of thioether (sulfide) groups is 1. The van der Waals surface area contributed by atoms with Gasteiger partial charge in [0.15, 0.2) is 11.5 Å². The summed E-state index contributed by atoms with van der Waals surface area (Å²) in [4.78, 5) is 12.9. The van der Waals surface area contributed by atoms with Crippen molar-refractivity contribution in [1.82, 2.24) is 24.5 Å². The van der Waals surface area contributed by atoms with E-state index in [1.54, 1.807) is 18.9 Å². The maximum absolute atomic E-state index is 12.9. The van der Waals surface area contributed by atoms with Crippen LogP contribution in [0.5, 0.6) is 5.75 Å². The Morgan fingerprint density at radius 3 is 2.90 bits per heavy atom. The Morgan fingerprint density at radius 2 is 2.07 bits per heavy atom. The number of benzene rings is 1. The number of hydrogen-bond donors (Lipinski definition) is 1. The monoisotopic (exact) mass is 409 g/mol. The summed E-state index contributed by atoms with van der Waals surface area (Å²) in [6.07, 6.45) is 6.67. The summed E-state index contributed by atoms with van der Waals surface area (Å²) in [5.74, 6) is 2.40. The topological polar surface area (TPSA) is 73.4 Å². The predicted octanol–water partition coefficient (Wildman–Crippen LogP) is 3.30. The minimum Gasteiger partial charge on any atom is -0.496 e. The standard InChI is InChI=1S/C21H23N5O2S/c1-28-18-7-5-6-17-15(18)9-12-25(17)14-20(27)22-16(10-13-29-2)21-24-23-19-8-3-4-11-26(19)21/h3-9,11-12,16H,10,13-14H2,1-2H3,(H,22,27). The smallest absolute Gasteiger partial charge is 0.240 e. The molecular formula is C21H23N5O2S. The van der Waals surface area contributed by atoms with Gasteiger partial charge >= 0.3 is 0 Å². The number of fused-ring (bicyclic) bond motifs is 2. The maximum Gasteiger partial charge on any atom is 0.240 e. The zero-order valence-corrected chi connectivity index (χ0v) is 17.2. The van der Waals surface area contributed by atoms with Gasteiger partial charge in [0.25, 0.3) is 0 Å². The van der Waals surface area contributed by atoms with Crippen molar-refractivity contribution in [1.29, 1.82) is 0 Å². The largest absolute Gasteiger partial charge is 0.496 e. The summed E-state index contributed by atoms with van der Waals surface area (Å²) in [5.41, 5.74) is 1.74. The molecular weight excluding hydrogens is 386 g/mol. The van der Waals surface area contributed by atoms with E-state index in [0.29, 0.717) is 0 Å². The van der Waals surface area contributed by atoms with Crippen molar-refractivity contribution >= 4 is 34.2 Å². The van der Waals surface area contributed by atoms with Crippen molar-refractivity contribution in [3.8, 4) is 5.75 Å². The Balaban J connectivity index is 1.56. The van der Waals surface area contributed by atoms with Crippen molar-refractivity contribution < 1.29 is 9.53 Å². The first-order valence-corrected chi connectivity index (χ1v) is 10.8. The van der Waals surface area contributed by atoms with Crippen molar-refractivity contribution in [2.24, 2.45) is 0 Å². The fraction of sp³-hybridized carbons (Fsp3) is 0.286. The van der Waals surface area contributed by atoms with Crippen molar-refractivity contribution in [2.45, 2.75) is 19.0 Å². The minimum absolute atomic E-state index is 0.0656. The van der Waals surface area contributed by atoms with Crippen molar-refractivity contribution in [3.63, 3.8) is 0 Å². The fourth-order valence-corrected chi connectivity index (χ4v) is 3.98. The molecule has 29 heavy (non-hydrogen) atoms. The van der Waals surface area contributed by atoms with Gasteiger partial charge in [-0.3, -0.25) is 9.20 Å². The molecule has 0 aliphatic rings. The quantitative estimate of drug-likeness (QED) is 0.483. The minimum atomic E-state index is -0.205. The summed E-state index contributed by atoms with van der Waals surface area (Å²) in [6.45, 7) is 0.225. The highest BCUT2D eigenvalue weighted by molar-refractivity contribution is 7.98. The van der Waals surface area contributed by atoms with Crippen LogP contribution in [0.1, 0.15) is 18.3 Å². The van der Waals surface area contributed by atoms with E-state index in [1.165, 1.54) is 0 Å². The number of carbonyl (C=O) groups is 1. The maximum atomic E-state index is 12.9. The number of carbonyl (C=O) groups excluding carboxylic acids is 1. The summed E-state index contributed by atoms with van der Waals surface area (Å²) < 4.78 is 9.27. The van der Waals surface area contributed by atoms with Gasteiger partial charge in [-0.2, -0.15) is 11.8 Å². The molecule has 3 heterocycles. The van der Waals surface area contributed by atoms with Gasteiger partial charge in [0, 0.05) is 17.8 Å². The van der Waals surface area contributed by atoms with Gasteiger partial charge in [-0.1, -0.05) is 12.1 Å². The molecule has 1 N–H and O–H groups in total. The second-order valence-electron chi connectivity index (χ2n) is 6.73. The van der Waals surface area contributed by atoms with Crippen molar-refractivity contribution in [3.05, 3.63) is 60.7 Å². The normalized spacial score (nSPS) is 12.3. The van der Waals surface area contributed by atoms with Gasteiger partial charge in [0.1, 0.15) is 12.3 Å². The van der Waals surface area contributed by atoms with Crippen LogP contribution >= 0.6 is 11.8 Å². The fourth-order valence-electron chi connectivity index (χ4n) is 3.50. The SMILES string of the molecule is COc1cccc2c1ccn2CC(=O)NC(CCSC)c1nnc2ccccn12. The first-order valence-electron chi connectivity index (χ1n) is 9.41. The van der Waals surface area contributed by atoms with Gasteiger partial charge in [-0.05, 0) is 48.8 Å². The highest BCUT2D eigenvalue weighted by Gasteiger charge is 2.20. The molecule has 0 aliphatic carbocycles. The molecule has 1 unspecified atom stereocenters. The lowest BCUT2D eigenvalue weighted by Crippen LogP contribution is -2.33. The molecule has 0 saturated carbocycles. The Bertz CT molecular complexity index is 1140. The average molecular weight is 410 g/mol. The van der Waals surface area contributed by atoms with E-state index >= 15 is 0 Å². The second kappa shape index (κ2) is 8.57. The Hall–Kier alpha value is -3.00. The van der Waals surface area contributed by atoms with Crippen LogP contribution in [0, 0.1) is 0 Å². The van der Waals surface area contributed by atoms with Crippen LogP contribution in [-0.2, 0) is 11.3 Å². The van der Waals surface area contributed by atoms with Crippen LogP contribution in [-0.4, -0.2) is 44.2 Å². The molecule has 1 aromatic carbocycles. The Kier molecular flexibility index (Phi) is 5.71.